The topological polar surface area (TPSA) is 58.6 Å². The molecule has 5 nitrogen and oxygen atoms in total. The first kappa shape index (κ1) is 14.9. The van der Waals surface area contributed by atoms with Gasteiger partial charge in [-0.3, -0.25) is 4.79 Å². The molecule has 1 aromatic carbocycles. The number of hydrogen-bond acceptors (Lipinski definition) is 3. The number of hydrogen-bond donors (Lipinski definition) is 1. The predicted molar refractivity (Wildman–Crippen MR) is 82.2 cm³/mol. The van der Waals surface area contributed by atoms with E-state index in [0.29, 0.717) is 26.1 Å². The minimum absolute atomic E-state index is 0.0917. The summed E-state index contributed by atoms with van der Waals surface area (Å²) in [4.78, 5) is 25.5. The fourth-order valence-corrected chi connectivity index (χ4v) is 3.34. The lowest BCUT2D eigenvalue weighted by atomic mass is 9.89. The van der Waals surface area contributed by atoms with Crippen LogP contribution in [0.5, 0.6) is 0 Å². The van der Waals surface area contributed by atoms with Crippen molar-refractivity contribution in [3.63, 3.8) is 0 Å². The molecule has 0 saturated carbocycles. The molecule has 2 saturated heterocycles. The maximum absolute atomic E-state index is 12.2. The van der Waals surface area contributed by atoms with Gasteiger partial charge in [0.2, 0.25) is 5.91 Å². The van der Waals surface area contributed by atoms with E-state index < -0.39 is 0 Å². The number of amides is 2. The van der Waals surface area contributed by atoms with Crippen LogP contribution in [0, 0.1) is 0 Å². The molecule has 1 spiro atoms. The Labute approximate surface area is 130 Å². The van der Waals surface area contributed by atoms with Crippen LogP contribution >= 0.6 is 0 Å². The third-order valence-corrected chi connectivity index (χ3v) is 4.64. The quantitative estimate of drug-likeness (QED) is 0.913. The van der Waals surface area contributed by atoms with E-state index in [1.165, 1.54) is 0 Å². The second-order valence-corrected chi connectivity index (χ2v) is 6.21. The van der Waals surface area contributed by atoms with Crippen molar-refractivity contribution in [3.05, 3.63) is 35.9 Å². The molecule has 0 radical (unpaired) electrons. The second kappa shape index (κ2) is 6.38. The van der Waals surface area contributed by atoms with E-state index in [9.17, 15) is 9.59 Å². The zero-order valence-corrected chi connectivity index (χ0v) is 12.7. The Morgan fingerprint density at radius 3 is 2.73 bits per heavy atom. The van der Waals surface area contributed by atoms with Gasteiger partial charge in [-0.25, -0.2) is 4.79 Å². The van der Waals surface area contributed by atoms with Gasteiger partial charge in [-0.2, -0.15) is 0 Å². The molecule has 0 aromatic heterocycles. The summed E-state index contributed by atoms with van der Waals surface area (Å²) in [6.45, 7) is 1.65. The highest BCUT2D eigenvalue weighted by Crippen LogP contribution is 2.31. The van der Waals surface area contributed by atoms with Crippen molar-refractivity contribution in [2.45, 2.75) is 44.2 Å². The lowest BCUT2D eigenvalue weighted by molar-refractivity contribution is -0.119. The van der Waals surface area contributed by atoms with E-state index in [1.807, 2.05) is 30.3 Å². The molecule has 5 heteroatoms. The van der Waals surface area contributed by atoms with Gasteiger partial charge in [0.1, 0.15) is 6.61 Å². The van der Waals surface area contributed by atoms with E-state index in [0.717, 1.165) is 31.2 Å². The molecule has 2 aliphatic rings. The van der Waals surface area contributed by atoms with E-state index in [1.54, 1.807) is 4.90 Å². The standard InChI is InChI=1S/C17H22N2O3/c20-15-7-9-17(18-15)8-4-11-19(12-10-17)16(21)22-13-14-5-2-1-3-6-14/h1-3,5-6H,4,7-13H2,(H,18,20)/t17-/m0/s1. The first-order valence-electron chi connectivity index (χ1n) is 7.94. The van der Waals surface area contributed by atoms with Gasteiger partial charge < -0.3 is 15.0 Å². The summed E-state index contributed by atoms with van der Waals surface area (Å²) in [6.07, 6.45) is 3.91. The predicted octanol–water partition coefficient (Wildman–Crippen LogP) is 2.46. The van der Waals surface area contributed by atoms with Gasteiger partial charge in [0.25, 0.3) is 0 Å². The van der Waals surface area contributed by atoms with Crippen LogP contribution in [0.4, 0.5) is 4.79 Å². The zero-order chi connectivity index (χ0) is 15.4. The molecule has 2 amide bonds. The molecule has 22 heavy (non-hydrogen) atoms. The zero-order valence-electron chi connectivity index (χ0n) is 12.7. The Kier molecular flexibility index (Phi) is 4.32. The number of benzene rings is 1. The fourth-order valence-electron chi connectivity index (χ4n) is 3.34. The van der Waals surface area contributed by atoms with Crippen LogP contribution < -0.4 is 5.32 Å². The summed E-state index contributed by atoms with van der Waals surface area (Å²) in [7, 11) is 0. The summed E-state index contributed by atoms with van der Waals surface area (Å²) < 4.78 is 5.39. The first-order chi connectivity index (χ1) is 10.7. The lowest BCUT2D eigenvalue weighted by Crippen LogP contribution is -2.42. The maximum Gasteiger partial charge on any atom is 0.410 e. The third kappa shape index (κ3) is 3.40. The molecule has 1 N–H and O–H groups in total. The van der Waals surface area contributed by atoms with Crippen LogP contribution in [-0.2, 0) is 16.1 Å². The minimum Gasteiger partial charge on any atom is -0.445 e. The molecule has 1 atom stereocenters. The molecule has 2 fully saturated rings. The Balaban J connectivity index is 1.52. The van der Waals surface area contributed by atoms with Gasteiger partial charge in [-0.1, -0.05) is 30.3 Å². The van der Waals surface area contributed by atoms with Crippen LogP contribution in [0.3, 0.4) is 0 Å². The Bertz CT molecular complexity index is 546. The summed E-state index contributed by atoms with van der Waals surface area (Å²) >= 11 is 0. The van der Waals surface area contributed by atoms with Crippen molar-refractivity contribution in [1.29, 1.82) is 0 Å². The minimum atomic E-state index is -0.259. The number of nitrogens with zero attached hydrogens (tertiary/aromatic N) is 1. The first-order valence-corrected chi connectivity index (χ1v) is 7.94. The Morgan fingerprint density at radius 1 is 1.18 bits per heavy atom. The van der Waals surface area contributed by atoms with Gasteiger partial charge in [0.15, 0.2) is 0 Å². The monoisotopic (exact) mass is 302 g/mol. The summed E-state index contributed by atoms with van der Waals surface area (Å²) in [6, 6.07) is 9.69. The van der Waals surface area contributed by atoms with Crippen LogP contribution in [-0.4, -0.2) is 35.5 Å². The average Bonchev–Trinajstić information content (AvgIpc) is 2.77. The molecule has 2 aliphatic heterocycles. The molecule has 1 aromatic rings. The molecule has 3 rings (SSSR count). The number of carbonyl (C=O) groups is 2. The summed E-state index contributed by atoms with van der Waals surface area (Å²) in [5.41, 5.74) is 0.899. The van der Waals surface area contributed by atoms with Crippen LogP contribution in [0.1, 0.15) is 37.7 Å². The molecule has 2 heterocycles. The molecule has 118 valence electrons. The smallest absolute Gasteiger partial charge is 0.410 e. The lowest BCUT2D eigenvalue weighted by Gasteiger charge is -2.27. The van der Waals surface area contributed by atoms with Gasteiger partial charge in [0, 0.05) is 25.0 Å². The maximum atomic E-state index is 12.2. The molecule has 0 aliphatic carbocycles. The molecule has 0 unspecified atom stereocenters. The van der Waals surface area contributed by atoms with Crippen molar-refractivity contribution >= 4 is 12.0 Å². The highest BCUT2D eigenvalue weighted by atomic mass is 16.6. The van der Waals surface area contributed by atoms with E-state index >= 15 is 0 Å². The molecule has 0 bridgehead atoms. The van der Waals surface area contributed by atoms with Gasteiger partial charge in [-0.15, -0.1) is 0 Å². The van der Waals surface area contributed by atoms with E-state index in [2.05, 4.69) is 5.32 Å². The molecular formula is C17H22N2O3. The third-order valence-electron chi connectivity index (χ3n) is 4.64. The Morgan fingerprint density at radius 2 is 2.00 bits per heavy atom. The number of carbonyl (C=O) groups excluding carboxylic acids is 2. The van der Waals surface area contributed by atoms with Crippen molar-refractivity contribution in [3.8, 4) is 0 Å². The average molecular weight is 302 g/mol. The van der Waals surface area contributed by atoms with Crippen LogP contribution in [0.15, 0.2) is 30.3 Å². The number of likely N-dealkylation sites (tertiary alicyclic amines) is 1. The summed E-state index contributed by atoms with van der Waals surface area (Å²) in [5, 5.41) is 3.11. The van der Waals surface area contributed by atoms with Crippen molar-refractivity contribution in [1.82, 2.24) is 10.2 Å². The van der Waals surface area contributed by atoms with Crippen LogP contribution in [0.25, 0.3) is 0 Å². The Hall–Kier alpha value is -2.04. The SMILES string of the molecule is O=C1CC[C@]2(CCCN(C(=O)OCc3ccccc3)CC2)N1. The van der Waals surface area contributed by atoms with Crippen molar-refractivity contribution < 1.29 is 14.3 Å². The number of ether oxygens (including phenoxy) is 1. The summed E-state index contributed by atoms with van der Waals surface area (Å²) in [5.74, 6) is 0.139. The van der Waals surface area contributed by atoms with Gasteiger partial charge >= 0.3 is 6.09 Å². The number of nitrogens with one attached hydrogen (secondary N) is 1. The largest absolute Gasteiger partial charge is 0.445 e. The van der Waals surface area contributed by atoms with Crippen molar-refractivity contribution in [2.24, 2.45) is 0 Å². The normalized spacial score (nSPS) is 24.9. The fraction of sp³-hybridized carbons (Fsp3) is 0.529. The van der Waals surface area contributed by atoms with Crippen LogP contribution in [0.2, 0.25) is 0 Å². The number of rotatable bonds is 2. The van der Waals surface area contributed by atoms with Gasteiger partial charge in [-0.05, 0) is 31.2 Å². The highest BCUT2D eigenvalue weighted by molar-refractivity contribution is 5.79. The van der Waals surface area contributed by atoms with E-state index in [4.69, 9.17) is 4.74 Å². The van der Waals surface area contributed by atoms with Gasteiger partial charge in [0.05, 0.1) is 0 Å². The second-order valence-electron chi connectivity index (χ2n) is 6.21. The van der Waals surface area contributed by atoms with E-state index in [-0.39, 0.29) is 17.5 Å². The molecular weight excluding hydrogens is 280 g/mol. The van der Waals surface area contributed by atoms with Crippen molar-refractivity contribution in [2.75, 3.05) is 13.1 Å². The highest BCUT2D eigenvalue weighted by Gasteiger charge is 2.39.